The van der Waals surface area contributed by atoms with Crippen molar-refractivity contribution in [3.8, 4) is 0 Å². The van der Waals surface area contributed by atoms with Crippen molar-refractivity contribution in [3.63, 3.8) is 0 Å². The first-order chi connectivity index (χ1) is 11.5. The molecule has 1 aromatic heterocycles. The van der Waals surface area contributed by atoms with Gasteiger partial charge in [-0.1, -0.05) is 17.7 Å². The lowest BCUT2D eigenvalue weighted by Gasteiger charge is -2.32. The third-order valence-corrected chi connectivity index (χ3v) is 4.70. The number of hydrogen-bond acceptors (Lipinski definition) is 4. The molecule has 1 fully saturated rings. The summed E-state index contributed by atoms with van der Waals surface area (Å²) in [5.41, 5.74) is 2.66. The number of aromatic nitrogens is 2. The van der Waals surface area contributed by atoms with E-state index in [1.807, 2.05) is 32.0 Å². The van der Waals surface area contributed by atoms with Gasteiger partial charge in [-0.2, -0.15) is 0 Å². The first-order valence-electron chi connectivity index (χ1n) is 8.14. The smallest absolute Gasteiger partial charge is 0.229 e. The topological polar surface area (TPSA) is 58.1 Å². The molecule has 0 spiro atoms. The van der Waals surface area contributed by atoms with Crippen molar-refractivity contribution in [2.75, 3.05) is 23.3 Å². The fraction of sp³-hybridized carbons (Fsp3) is 0.389. The number of amides is 1. The second kappa shape index (κ2) is 7.18. The van der Waals surface area contributed by atoms with Crippen molar-refractivity contribution < 1.29 is 4.79 Å². The van der Waals surface area contributed by atoms with E-state index < -0.39 is 0 Å². The maximum atomic E-state index is 12.6. The van der Waals surface area contributed by atoms with Crippen LogP contribution in [0, 0.1) is 19.8 Å². The van der Waals surface area contributed by atoms with E-state index in [9.17, 15) is 4.79 Å². The number of carbonyl (C=O) groups is 1. The van der Waals surface area contributed by atoms with Crippen molar-refractivity contribution >= 4 is 29.1 Å². The highest BCUT2D eigenvalue weighted by Gasteiger charge is 2.27. The lowest BCUT2D eigenvalue weighted by molar-refractivity contribution is -0.120. The molecule has 3 rings (SSSR count). The molecule has 1 N–H and O–H groups in total. The molecular formula is C18H21ClN4O. The van der Waals surface area contributed by atoms with Gasteiger partial charge in [-0.3, -0.25) is 4.79 Å². The van der Waals surface area contributed by atoms with Gasteiger partial charge < -0.3 is 10.2 Å². The van der Waals surface area contributed by atoms with Gasteiger partial charge in [0.1, 0.15) is 0 Å². The molecule has 0 unspecified atom stereocenters. The minimum absolute atomic E-state index is 0.0206. The van der Waals surface area contributed by atoms with Crippen LogP contribution in [0.25, 0.3) is 0 Å². The minimum atomic E-state index is -0.0806. The molecule has 6 heteroatoms. The maximum Gasteiger partial charge on any atom is 0.229 e. The van der Waals surface area contributed by atoms with Gasteiger partial charge in [0, 0.05) is 35.7 Å². The molecule has 1 aromatic carbocycles. The Bertz CT molecular complexity index is 750. The average Bonchev–Trinajstić information content (AvgIpc) is 2.58. The van der Waals surface area contributed by atoms with Crippen LogP contribution in [0.5, 0.6) is 0 Å². The van der Waals surface area contributed by atoms with Gasteiger partial charge in [0.05, 0.1) is 5.92 Å². The Morgan fingerprint density at radius 2 is 2.17 bits per heavy atom. The second-order valence-electron chi connectivity index (χ2n) is 6.24. The number of hydrogen-bond donors (Lipinski definition) is 1. The van der Waals surface area contributed by atoms with Gasteiger partial charge >= 0.3 is 0 Å². The zero-order chi connectivity index (χ0) is 17.1. The Morgan fingerprint density at radius 3 is 2.92 bits per heavy atom. The highest BCUT2D eigenvalue weighted by molar-refractivity contribution is 6.31. The molecule has 126 valence electrons. The van der Waals surface area contributed by atoms with Crippen LogP contribution in [0.2, 0.25) is 5.02 Å². The Labute approximate surface area is 147 Å². The monoisotopic (exact) mass is 344 g/mol. The molecule has 0 saturated carbocycles. The Morgan fingerprint density at radius 1 is 1.33 bits per heavy atom. The third-order valence-electron chi connectivity index (χ3n) is 4.30. The van der Waals surface area contributed by atoms with Crippen LogP contribution in [0.4, 0.5) is 11.6 Å². The normalized spacial score (nSPS) is 17.6. The molecule has 1 atom stereocenters. The first kappa shape index (κ1) is 16.7. The molecule has 5 nitrogen and oxygen atoms in total. The summed E-state index contributed by atoms with van der Waals surface area (Å²) in [7, 11) is 0. The number of nitrogens with zero attached hydrogens (tertiary/aromatic N) is 3. The van der Waals surface area contributed by atoms with Gasteiger partial charge in [-0.25, -0.2) is 9.97 Å². The molecule has 0 aliphatic carbocycles. The van der Waals surface area contributed by atoms with Crippen LogP contribution in [0.3, 0.4) is 0 Å². The summed E-state index contributed by atoms with van der Waals surface area (Å²) in [6.07, 6.45) is 3.58. The van der Waals surface area contributed by atoms with E-state index in [-0.39, 0.29) is 11.8 Å². The van der Waals surface area contributed by atoms with E-state index in [2.05, 4.69) is 20.2 Å². The van der Waals surface area contributed by atoms with Crippen LogP contribution >= 0.6 is 11.6 Å². The number of nitrogens with one attached hydrogen (secondary N) is 1. The summed E-state index contributed by atoms with van der Waals surface area (Å²) in [5, 5.41) is 3.63. The number of aryl methyl sites for hydroxylation is 2. The Kier molecular flexibility index (Phi) is 5.00. The number of rotatable bonds is 3. The summed E-state index contributed by atoms with van der Waals surface area (Å²) in [6, 6.07) is 7.45. The minimum Gasteiger partial charge on any atom is -0.340 e. The number of benzene rings is 1. The largest absolute Gasteiger partial charge is 0.340 e. The lowest BCUT2D eigenvalue weighted by Crippen LogP contribution is -2.41. The third kappa shape index (κ3) is 3.85. The van der Waals surface area contributed by atoms with Gasteiger partial charge in [0.25, 0.3) is 0 Å². The standard InChI is InChI=1S/C18H21ClN4O/c1-12-5-6-15(10-16(12)19)22-17(24)14-4-3-9-23(11-14)18-20-8-7-13(2)21-18/h5-8,10,14H,3-4,9,11H2,1-2H3,(H,22,24)/t14-/m1/s1. The first-order valence-corrected chi connectivity index (χ1v) is 8.52. The summed E-state index contributed by atoms with van der Waals surface area (Å²) in [5.74, 6) is 0.640. The number of anilines is 2. The molecule has 1 aliphatic heterocycles. The van der Waals surface area contributed by atoms with Gasteiger partial charge in [0.2, 0.25) is 11.9 Å². The van der Waals surface area contributed by atoms with E-state index >= 15 is 0 Å². The zero-order valence-corrected chi connectivity index (χ0v) is 14.7. The van der Waals surface area contributed by atoms with Crippen molar-refractivity contribution in [2.45, 2.75) is 26.7 Å². The molecule has 0 bridgehead atoms. The van der Waals surface area contributed by atoms with Gasteiger partial charge in [-0.05, 0) is 50.5 Å². The summed E-state index contributed by atoms with van der Waals surface area (Å²) in [6.45, 7) is 5.40. The lowest BCUT2D eigenvalue weighted by atomic mass is 9.97. The fourth-order valence-electron chi connectivity index (χ4n) is 2.88. The quantitative estimate of drug-likeness (QED) is 0.924. The van der Waals surface area contributed by atoms with Crippen LogP contribution in [-0.4, -0.2) is 29.0 Å². The summed E-state index contributed by atoms with van der Waals surface area (Å²) >= 11 is 6.13. The van der Waals surface area contributed by atoms with E-state index in [0.29, 0.717) is 17.5 Å². The van der Waals surface area contributed by atoms with E-state index in [0.717, 1.165) is 36.3 Å². The van der Waals surface area contributed by atoms with E-state index in [1.54, 1.807) is 12.3 Å². The van der Waals surface area contributed by atoms with Gasteiger partial charge in [-0.15, -0.1) is 0 Å². The predicted molar refractivity (Wildman–Crippen MR) is 96.5 cm³/mol. The highest BCUT2D eigenvalue weighted by Crippen LogP contribution is 2.24. The van der Waals surface area contributed by atoms with Crippen LogP contribution in [0.15, 0.2) is 30.5 Å². The van der Waals surface area contributed by atoms with Crippen LogP contribution < -0.4 is 10.2 Å². The van der Waals surface area contributed by atoms with Gasteiger partial charge in [0.15, 0.2) is 0 Å². The molecule has 2 aromatic rings. The second-order valence-corrected chi connectivity index (χ2v) is 6.64. The average molecular weight is 345 g/mol. The van der Waals surface area contributed by atoms with E-state index in [4.69, 9.17) is 11.6 Å². The van der Waals surface area contributed by atoms with Crippen molar-refractivity contribution in [1.29, 1.82) is 0 Å². The Hall–Kier alpha value is -2.14. The van der Waals surface area contributed by atoms with E-state index in [1.165, 1.54) is 0 Å². The van der Waals surface area contributed by atoms with Crippen molar-refractivity contribution in [2.24, 2.45) is 5.92 Å². The number of carbonyl (C=O) groups excluding carboxylic acids is 1. The summed E-state index contributed by atoms with van der Waals surface area (Å²) in [4.78, 5) is 23.5. The molecule has 1 aliphatic rings. The Balaban J connectivity index is 1.67. The van der Waals surface area contributed by atoms with Crippen LogP contribution in [0.1, 0.15) is 24.1 Å². The number of piperidine rings is 1. The molecule has 0 radical (unpaired) electrons. The SMILES string of the molecule is Cc1ccnc(N2CCC[C@@H](C(=O)Nc3ccc(C)c(Cl)c3)C2)n1. The molecule has 2 heterocycles. The zero-order valence-electron chi connectivity index (χ0n) is 13.9. The van der Waals surface area contributed by atoms with Crippen molar-refractivity contribution in [3.05, 3.63) is 46.7 Å². The molecule has 1 saturated heterocycles. The van der Waals surface area contributed by atoms with Crippen molar-refractivity contribution in [1.82, 2.24) is 9.97 Å². The highest BCUT2D eigenvalue weighted by atomic mass is 35.5. The number of halogens is 1. The predicted octanol–water partition coefficient (Wildman–Crippen LogP) is 3.60. The fourth-order valence-corrected chi connectivity index (χ4v) is 3.06. The molecular weight excluding hydrogens is 324 g/mol. The molecule has 1 amide bonds. The maximum absolute atomic E-state index is 12.6. The summed E-state index contributed by atoms with van der Waals surface area (Å²) < 4.78 is 0. The molecule has 24 heavy (non-hydrogen) atoms. The van der Waals surface area contributed by atoms with Crippen LogP contribution in [-0.2, 0) is 4.79 Å².